The molecule has 0 heterocycles. The first-order valence-electron chi connectivity index (χ1n) is 9.02. The lowest BCUT2D eigenvalue weighted by Crippen LogP contribution is -2.50. The predicted octanol–water partition coefficient (Wildman–Crippen LogP) is 2.92. The molecule has 2 rings (SSSR count). The molecule has 0 saturated carbocycles. The summed E-state index contributed by atoms with van der Waals surface area (Å²) in [5.41, 5.74) is 0.889. The Labute approximate surface area is 186 Å². The van der Waals surface area contributed by atoms with Crippen LogP contribution in [0.2, 0.25) is 10.0 Å². The van der Waals surface area contributed by atoms with E-state index in [0.717, 1.165) is 10.6 Å². The van der Waals surface area contributed by atoms with Crippen molar-refractivity contribution in [1.82, 2.24) is 10.2 Å². The molecule has 0 aliphatic carbocycles. The number of benzene rings is 2. The molecule has 10 heteroatoms. The minimum Gasteiger partial charge on any atom is -0.357 e. The summed E-state index contributed by atoms with van der Waals surface area (Å²) in [4.78, 5) is 26.7. The number of hydrogen-bond acceptors (Lipinski definition) is 4. The van der Waals surface area contributed by atoms with Crippen molar-refractivity contribution in [3.63, 3.8) is 0 Å². The number of amides is 2. The Bertz CT molecular complexity index is 1030. The lowest BCUT2D eigenvalue weighted by Gasteiger charge is -2.31. The van der Waals surface area contributed by atoms with Gasteiger partial charge in [0.15, 0.2) is 0 Å². The molecule has 2 aromatic rings. The second kappa shape index (κ2) is 10.1. The van der Waals surface area contributed by atoms with Crippen LogP contribution in [-0.2, 0) is 26.2 Å². The van der Waals surface area contributed by atoms with Crippen molar-refractivity contribution in [3.8, 4) is 0 Å². The highest BCUT2D eigenvalue weighted by Gasteiger charge is 2.30. The minimum atomic E-state index is -3.82. The Kier molecular flexibility index (Phi) is 8.11. The molecule has 0 aromatic heterocycles. The summed E-state index contributed by atoms with van der Waals surface area (Å²) in [6, 6.07) is 12.4. The SMILES string of the molecule is CNC(=O)[C@@H](C)N(Cc1cccc(Cl)c1)C(=O)CN(c1ccccc1Cl)S(C)(=O)=O. The summed E-state index contributed by atoms with van der Waals surface area (Å²) in [7, 11) is -2.35. The molecule has 162 valence electrons. The first-order valence-corrected chi connectivity index (χ1v) is 11.6. The number of para-hydroxylation sites is 1. The van der Waals surface area contributed by atoms with Crippen LogP contribution in [0, 0.1) is 0 Å². The average Bonchev–Trinajstić information content (AvgIpc) is 2.69. The average molecular weight is 472 g/mol. The number of halogens is 2. The number of rotatable bonds is 8. The van der Waals surface area contributed by atoms with E-state index < -0.39 is 28.5 Å². The van der Waals surface area contributed by atoms with Crippen LogP contribution < -0.4 is 9.62 Å². The third kappa shape index (κ3) is 6.10. The lowest BCUT2D eigenvalue weighted by molar-refractivity contribution is -0.139. The molecule has 0 saturated heterocycles. The standard InChI is InChI=1S/C20H23Cl2N3O4S/c1-14(20(27)23-2)24(12-15-7-6-8-16(21)11-15)19(26)13-25(30(3,28)29)18-10-5-4-9-17(18)22/h4-11,14H,12-13H2,1-3H3,(H,23,27)/t14-/m1/s1. The van der Waals surface area contributed by atoms with Crippen molar-refractivity contribution in [2.45, 2.75) is 19.5 Å². The van der Waals surface area contributed by atoms with Crippen LogP contribution in [0.15, 0.2) is 48.5 Å². The van der Waals surface area contributed by atoms with Crippen molar-refractivity contribution < 1.29 is 18.0 Å². The van der Waals surface area contributed by atoms with Gasteiger partial charge >= 0.3 is 0 Å². The van der Waals surface area contributed by atoms with E-state index in [1.807, 2.05) is 0 Å². The Morgan fingerprint density at radius 2 is 1.77 bits per heavy atom. The fraction of sp³-hybridized carbons (Fsp3) is 0.300. The molecular formula is C20H23Cl2N3O4S. The molecule has 0 bridgehead atoms. The summed E-state index contributed by atoms with van der Waals surface area (Å²) < 4.78 is 25.7. The largest absolute Gasteiger partial charge is 0.357 e. The first-order chi connectivity index (χ1) is 14.0. The Morgan fingerprint density at radius 1 is 1.10 bits per heavy atom. The first kappa shape index (κ1) is 24.0. The van der Waals surface area contributed by atoms with Gasteiger partial charge in [-0.25, -0.2) is 8.42 Å². The van der Waals surface area contributed by atoms with Gasteiger partial charge in [0.25, 0.3) is 0 Å². The van der Waals surface area contributed by atoms with Crippen LogP contribution in [0.3, 0.4) is 0 Å². The van der Waals surface area contributed by atoms with Gasteiger partial charge in [0.2, 0.25) is 21.8 Å². The van der Waals surface area contributed by atoms with E-state index in [4.69, 9.17) is 23.2 Å². The van der Waals surface area contributed by atoms with Gasteiger partial charge in [0.05, 0.1) is 17.0 Å². The number of carbonyl (C=O) groups excluding carboxylic acids is 2. The van der Waals surface area contributed by atoms with Gasteiger partial charge in [0, 0.05) is 18.6 Å². The van der Waals surface area contributed by atoms with E-state index in [9.17, 15) is 18.0 Å². The molecule has 0 radical (unpaired) electrons. The van der Waals surface area contributed by atoms with Gasteiger partial charge in [-0.3, -0.25) is 13.9 Å². The second-order valence-electron chi connectivity index (χ2n) is 6.66. The molecule has 0 spiro atoms. The monoisotopic (exact) mass is 471 g/mol. The fourth-order valence-corrected chi connectivity index (χ4v) is 4.23. The molecule has 0 unspecified atom stereocenters. The van der Waals surface area contributed by atoms with Gasteiger partial charge in [-0.2, -0.15) is 0 Å². The molecular weight excluding hydrogens is 449 g/mol. The van der Waals surface area contributed by atoms with Crippen LogP contribution in [0.25, 0.3) is 0 Å². The molecule has 0 fully saturated rings. The number of nitrogens with one attached hydrogen (secondary N) is 1. The van der Waals surface area contributed by atoms with E-state index >= 15 is 0 Å². The summed E-state index contributed by atoms with van der Waals surface area (Å²) in [5.74, 6) is -0.939. The second-order valence-corrected chi connectivity index (χ2v) is 9.41. The van der Waals surface area contributed by atoms with Crippen LogP contribution in [0.4, 0.5) is 5.69 Å². The molecule has 0 aliphatic rings. The summed E-state index contributed by atoms with van der Waals surface area (Å²) in [6.45, 7) is 1.14. The maximum Gasteiger partial charge on any atom is 0.244 e. The van der Waals surface area contributed by atoms with E-state index in [1.54, 1.807) is 43.3 Å². The number of likely N-dealkylation sites (N-methyl/N-ethyl adjacent to an activating group) is 1. The topological polar surface area (TPSA) is 86.8 Å². The fourth-order valence-electron chi connectivity index (χ4n) is 2.87. The van der Waals surface area contributed by atoms with E-state index in [0.29, 0.717) is 10.6 Å². The number of carbonyl (C=O) groups is 2. The van der Waals surface area contributed by atoms with E-state index in [-0.39, 0.29) is 23.2 Å². The zero-order valence-corrected chi connectivity index (χ0v) is 19.1. The molecule has 2 aromatic carbocycles. The summed E-state index contributed by atoms with van der Waals surface area (Å²) in [6.07, 6.45) is 0.993. The highest BCUT2D eigenvalue weighted by molar-refractivity contribution is 7.92. The number of anilines is 1. The van der Waals surface area contributed by atoms with Gasteiger partial charge < -0.3 is 10.2 Å². The Morgan fingerprint density at radius 3 is 2.33 bits per heavy atom. The zero-order chi connectivity index (χ0) is 22.5. The van der Waals surface area contributed by atoms with E-state index in [2.05, 4.69) is 5.32 Å². The number of nitrogens with zero attached hydrogens (tertiary/aromatic N) is 2. The molecule has 2 amide bonds. The van der Waals surface area contributed by atoms with Gasteiger partial charge in [-0.15, -0.1) is 0 Å². The maximum atomic E-state index is 13.2. The third-order valence-electron chi connectivity index (χ3n) is 4.46. The summed E-state index contributed by atoms with van der Waals surface area (Å²) >= 11 is 12.2. The quantitative estimate of drug-likeness (QED) is 0.640. The van der Waals surface area contributed by atoms with Crippen molar-refractivity contribution in [2.24, 2.45) is 0 Å². The number of sulfonamides is 1. The van der Waals surface area contributed by atoms with Gasteiger partial charge in [0.1, 0.15) is 12.6 Å². The molecule has 0 aliphatic heterocycles. The Balaban J connectivity index is 2.40. The minimum absolute atomic E-state index is 0.0775. The summed E-state index contributed by atoms with van der Waals surface area (Å²) in [5, 5.41) is 3.19. The van der Waals surface area contributed by atoms with Crippen LogP contribution in [0.1, 0.15) is 12.5 Å². The number of hydrogen-bond donors (Lipinski definition) is 1. The molecule has 1 N–H and O–H groups in total. The van der Waals surface area contributed by atoms with Crippen LogP contribution in [-0.4, -0.2) is 51.0 Å². The zero-order valence-electron chi connectivity index (χ0n) is 16.8. The highest BCUT2D eigenvalue weighted by atomic mass is 35.5. The van der Waals surface area contributed by atoms with Crippen LogP contribution >= 0.6 is 23.2 Å². The van der Waals surface area contributed by atoms with Crippen molar-refractivity contribution in [2.75, 3.05) is 24.2 Å². The van der Waals surface area contributed by atoms with Gasteiger partial charge in [-0.1, -0.05) is 47.5 Å². The normalized spacial score (nSPS) is 12.2. The van der Waals surface area contributed by atoms with E-state index in [1.165, 1.54) is 24.1 Å². The van der Waals surface area contributed by atoms with Crippen molar-refractivity contribution in [1.29, 1.82) is 0 Å². The third-order valence-corrected chi connectivity index (χ3v) is 6.14. The predicted molar refractivity (Wildman–Crippen MR) is 119 cm³/mol. The highest BCUT2D eigenvalue weighted by Crippen LogP contribution is 2.27. The van der Waals surface area contributed by atoms with Crippen molar-refractivity contribution in [3.05, 3.63) is 64.1 Å². The van der Waals surface area contributed by atoms with Gasteiger partial charge in [-0.05, 0) is 36.8 Å². The maximum absolute atomic E-state index is 13.2. The smallest absolute Gasteiger partial charge is 0.244 e. The molecule has 7 nitrogen and oxygen atoms in total. The van der Waals surface area contributed by atoms with Crippen LogP contribution in [0.5, 0.6) is 0 Å². The lowest BCUT2D eigenvalue weighted by atomic mass is 10.1. The van der Waals surface area contributed by atoms with Crippen molar-refractivity contribution >= 4 is 50.7 Å². The molecule has 1 atom stereocenters. The molecule has 30 heavy (non-hydrogen) atoms. The Hall–Kier alpha value is -2.29.